The van der Waals surface area contributed by atoms with E-state index in [0.717, 1.165) is 60.5 Å². The predicted octanol–water partition coefficient (Wildman–Crippen LogP) is 12.4. The Bertz CT molecular complexity index is 2840. The average molecular weight is 652 g/mol. The van der Waals surface area contributed by atoms with Crippen LogP contribution in [0, 0.1) is 0 Å². The molecular weight excluding hydrogens is 623 g/mol. The van der Waals surface area contributed by atoms with Crippen molar-refractivity contribution in [1.29, 1.82) is 0 Å². The Morgan fingerprint density at radius 3 is 1.43 bits per heavy atom. The number of nitrogens with zero attached hydrogens (tertiary/aromatic N) is 3. The maximum absolute atomic E-state index is 6.90. The monoisotopic (exact) mass is 651 g/mol. The van der Waals surface area contributed by atoms with Crippen LogP contribution < -0.4 is 0 Å². The van der Waals surface area contributed by atoms with Crippen LogP contribution in [0.5, 0.6) is 0 Å². The summed E-state index contributed by atoms with van der Waals surface area (Å²) in [6.07, 6.45) is 0. The lowest BCUT2D eigenvalue weighted by Gasteiger charge is -2.14. The van der Waals surface area contributed by atoms with Gasteiger partial charge in [0, 0.05) is 27.3 Å². The third-order valence-corrected chi connectivity index (χ3v) is 9.72. The van der Waals surface area contributed by atoms with Crippen LogP contribution in [0.15, 0.2) is 180 Å². The van der Waals surface area contributed by atoms with Crippen molar-refractivity contribution in [2.45, 2.75) is 0 Å². The highest BCUT2D eigenvalue weighted by molar-refractivity contribution is 6.18. The standard InChI is InChI=1S/C47H29N3O/c1-4-14-30(15-5-1)35-26-27-36(39-23-13-12-22-38(35)39)34-28-41-40-25-24-31-16-10-11-21-37(31)43(40)51-44(41)42(29-34)47-49-45(32-17-6-2-7-18-32)48-46(50-47)33-19-8-3-9-20-33/h1-29H. The molecule has 4 heteroatoms. The lowest BCUT2D eigenvalue weighted by Crippen LogP contribution is -2.00. The van der Waals surface area contributed by atoms with E-state index in [1.54, 1.807) is 0 Å². The van der Waals surface area contributed by atoms with E-state index in [2.05, 4.69) is 115 Å². The molecule has 8 aromatic carbocycles. The van der Waals surface area contributed by atoms with Crippen LogP contribution in [0.2, 0.25) is 0 Å². The van der Waals surface area contributed by atoms with Gasteiger partial charge in [-0.25, -0.2) is 15.0 Å². The molecule has 0 saturated heterocycles. The Morgan fingerprint density at radius 2 is 0.804 bits per heavy atom. The minimum Gasteiger partial charge on any atom is -0.455 e. The maximum atomic E-state index is 6.90. The number of aromatic nitrogens is 3. The van der Waals surface area contributed by atoms with Gasteiger partial charge in [-0.05, 0) is 56.6 Å². The fourth-order valence-corrected chi connectivity index (χ4v) is 7.28. The van der Waals surface area contributed by atoms with Crippen molar-refractivity contribution in [2.24, 2.45) is 0 Å². The summed E-state index contributed by atoms with van der Waals surface area (Å²) in [6.45, 7) is 0. The van der Waals surface area contributed by atoms with Crippen molar-refractivity contribution >= 4 is 43.5 Å². The van der Waals surface area contributed by atoms with Crippen molar-refractivity contribution in [3.05, 3.63) is 176 Å². The Hall–Kier alpha value is -6.91. The molecule has 0 fully saturated rings. The number of rotatable bonds is 5. The first-order valence-electron chi connectivity index (χ1n) is 17.1. The minimum absolute atomic E-state index is 0.558. The van der Waals surface area contributed by atoms with E-state index in [9.17, 15) is 0 Å². The lowest BCUT2D eigenvalue weighted by atomic mass is 9.90. The summed E-state index contributed by atoms with van der Waals surface area (Å²) in [6, 6.07) is 61.1. The Morgan fingerprint density at radius 1 is 0.294 bits per heavy atom. The lowest BCUT2D eigenvalue weighted by molar-refractivity contribution is 0.673. The van der Waals surface area contributed by atoms with E-state index >= 15 is 0 Å². The minimum atomic E-state index is 0.558. The molecule has 0 bridgehead atoms. The molecule has 4 nitrogen and oxygen atoms in total. The first kappa shape index (κ1) is 29.0. The zero-order valence-electron chi connectivity index (χ0n) is 27.5. The second-order valence-corrected chi connectivity index (χ2v) is 12.8. The van der Waals surface area contributed by atoms with Gasteiger partial charge in [-0.15, -0.1) is 0 Å². The van der Waals surface area contributed by atoms with Crippen LogP contribution in [0.3, 0.4) is 0 Å². The number of benzene rings is 8. The third-order valence-electron chi connectivity index (χ3n) is 9.72. The molecule has 0 aliphatic heterocycles. The number of fused-ring (bicyclic) bond motifs is 6. The van der Waals surface area contributed by atoms with Crippen molar-refractivity contribution in [2.75, 3.05) is 0 Å². The number of hydrogen-bond acceptors (Lipinski definition) is 4. The van der Waals surface area contributed by atoms with Crippen LogP contribution in [0.25, 0.3) is 99.9 Å². The molecule has 0 unspecified atom stereocenters. The van der Waals surface area contributed by atoms with Crippen LogP contribution >= 0.6 is 0 Å². The second kappa shape index (κ2) is 11.9. The molecule has 238 valence electrons. The highest BCUT2D eigenvalue weighted by atomic mass is 16.3. The van der Waals surface area contributed by atoms with Gasteiger partial charge >= 0.3 is 0 Å². The summed E-state index contributed by atoms with van der Waals surface area (Å²) in [7, 11) is 0. The van der Waals surface area contributed by atoms with E-state index in [4.69, 9.17) is 19.4 Å². The van der Waals surface area contributed by atoms with Crippen LogP contribution in [0.1, 0.15) is 0 Å². The normalized spacial score (nSPS) is 11.5. The molecule has 0 spiro atoms. The van der Waals surface area contributed by atoms with Gasteiger partial charge in [0.05, 0.1) is 5.56 Å². The molecule has 2 aromatic heterocycles. The smallest absolute Gasteiger partial charge is 0.167 e. The Labute approximate surface area is 294 Å². The molecule has 0 saturated carbocycles. The van der Waals surface area contributed by atoms with Gasteiger partial charge < -0.3 is 4.42 Å². The van der Waals surface area contributed by atoms with Gasteiger partial charge in [0.2, 0.25) is 0 Å². The quantitative estimate of drug-likeness (QED) is 0.186. The van der Waals surface area contributed by atoms with Gasteiger partial charge in [-0.3, -0.25) is 0 Å². The van der Waals surface area contributed by atoms with Crippen LogP contribution in [-0.2, 0) is 0 Å². The van der Waals surface area contributed by atoms with Crippen LogP contribution in [0.4, 0.5) is 0 Å². The van der Waals surface area contributed by atoms with E-state index in [1.807, 2.05) is 60.7 Å². The Balaban J connectivity index is 1.29. The molecule has 0 aliphatic rings. The number of hydrogen-bond donors (Lipinski definition) is 0. The van der Waals surface area contributed by atoms with E-state index in [0.29, 0.717) is 17.5 Å². The zero-order chi connectivity index (χ0) is 33.7. The zero-order valence-corrected chi connectivity index (χ0v) is 27.5. The fraction of sp³-hybridized carbons (Fsp3) is 0. The van der Waals surface area contributed by atoms with Crippen molar-refractivity contribution in [3.63, 3.8) is 0 Å². The van der Waals surface area contributed by atoms with Crippen molar-refractivity contribution in [1.82, 2.24) is 15.0 Å². The highest BCUT2D eigenvalue weighted by Crippen LogP contribution is 2.43. The van der Waals surface area contributed by atoms with Gasteiger partial charge in [0.25, 0.3) is 0 Å². The first-order chi connectivity index (χ1) is 25.3. The third kappa shape index (κ3) is 4.96. The largest absolute Gasteiger partial charge is 0.455 e. The summed E-state index contributed by atoms with van der Waals surface area (Å²) in [5, 5.41) is 6.64. The molecule has 0 radical (unpaired) electrons. The van der Waals surface area contributed by atoms with Gasteiger partial charge in [-0.2, -0.15) is 0 Å². The van der Waals surface area contributed by atoms with E-state index in [1.165, 1.54) is 21.9 Å². The van der Waals surface area contributed by atoms with E-state index in [-0.39, 0.29) is 0 Å². The average Bonchev–Trinajstić information content (AvgIpc) is 3.60. The predicted molar refractivity (Wildman–Crippen MR) is 209 cm³/mol. The molecule has 51 heavy (non-hydrogen) atoms. The maximum Gasteiger partial charge on any atom is 0.167 e. The summed E-state index contributed by atoms with van der Waals surface area (Å²) in [5.74, 6) is 1.78. The summed E-state index contributed by atoms with van der Waals surface area (Å²) < 4.78 is 6.90. The molecule has 0 N–H and O–H groups in total. The summed E-state index contributed by atoms with van der Waals surface area (Å²) in [5.41, 5.74) is 8.84. The molecule has 0 amide bonds. The van der Waals surface area contributed by atoms with Crippen molar-refractivity contribution < 1.29 is 4.42 Å². The van der Waals surface area contributed by atoms with Crippen molar-refractivity contribution in [3.8, 4) is 56.4 Å². The van der Waals surface area contributed by atoms with Gasteiger partial charge in [0.1, 0.15) is 11.2 Å². The number of furan rings is 1. The van der Waals surface area contributed by atoms with Crippen LogP contribution in [-0.4, -0.2) is 15.0 Å². The summed E-state index contributed by atoms with van der Waals surface area (Å²) in [4.78, 5) is 15.3. The molecule has 0 atom stereocenters. The molecular formula is C47H29N3O. The highest BCUT2D eigenvalue weighted by Gasteiger charge is 2.21. The molecule has 0 aliphatic carbocycles. The Kier molecular flexibility index (Phi) is 6.78. The van der Waals surface area contributed by atoms with E-state index < -0.39 is 0 Å². The summed E-state index contributed by atoms with van der Waals surface area (Å²) >= 11 is 0. The SMILES string of the molecule is c1ccc(-c2nc(-c3ccccc3)nc(-c3cc(-c4ccc(-c5ccccc5)c5ccccc45)cc4c3oc3c5ccccc5ccc43)n2)cc1. The van der Waals surface area contributed by atoms with Gasteiger partial charge in [0.15, 0.2) is 17.5 Å². The second-order valence-electron chi connectivity index (χ2n) is 12.8. The topological polar surface area (TPSA) is 51.8 Å². The molecule has 2 heterocycles. The molecule has 10 aromatic rings. The van der Waals surface area contributed by atoms with Gasteiger partial charge in [-0.1, -0.05) is 158 Å². The first-order valence-corrected chi connectivity index (χ1v) is 17.1. The fourth-order valence-electron chi connectivity index (χ4n) is 7.28. The molecule has 10 rings (SSSR count).